The van der Waals surface area contributed by atoms with Crippen LogP contribution in [0.25, 0.3) is 0 Å². The van der Waals surface area contributed by atoms with Crippen LogP contribution in [0.15, 0.2) is 0 Å². The number of rotatable bonds is 5. The van der Waals surface area contributed by atoms with E-state index in [0.29, 0.717) is 0 Å². The maximum absolute atomic E-state index is 12.2. The van der Waals surface area contributed by atoms with Gasteiger partial charge in [-0.2, -0.15) is 39.5 Å². The average Bonchev–Trinajstić information content (AvgIpc) is 2.12. The van der Waals surface area contributed by atoms with Crippen LogP contribution in [0, 0.1) is 0 Å². The predicted molar refractivity (Wildman–Crippen MR) is 33.0 cm³/mol. The number of carbonyl (C=O) groups excluding carboxylic acids is 1. The van der Waals surface area contributed by atoms with Crippen molar-refractivity contribution in [1.82, 2.24) is 0 Å². The number of halogens is 11. The molecule has 0 atom stereocenters. The zero-order valence-electron chi connectivity index (χ0n) is 8.05. The van der Waals surface area contributed by atoms with E-state index in [-0.39, 0.29) is 0 Å². The minimum absolute atomic E-state index is 1.67. The summed E-state index contributed by atoms with van der Waals surface area (Å²) in [4.78, 5) is 9.93. The van der Waals surface area contributed by atoms with Crippen LogP contribution >= 0.6 is 0 Å². The fourth-order valence-electron chi connectivity index (χ4n) is 0.567. The Morgan fingerprint density at radius 3 is 1.47 bits per heavy atom. The van der Waals surface area contributed by atoms with Crippen molar-refractivity contribution in [2.45, 2.75) is 30.7 Å². The predicted octanol–water partition coefficient (Wildman–Crippen LogP) is 3.22. The second-order valence-electron chi connectivity index (χ2n) is 2.87. The van der Waals surface area contributed by atoms with Gasteiger partial charge in [-0.1, -0.05) is 0 Å². The third-order valence-corrected chi connectivity index (χ3v) is 1.46. The molecule has 114 valence electrons. The van der Waals surface area contributed by atoms with Crippen molar-refractivity contribution in [1.29, 1.82) is 0 Å². The van der Waals surface area contributed by atoms with Crippen LogP contribution in [-0.2, 0) is 9.53 Å². The summed E-state index contributed by atoms with van der Waals surface area (Å²) >= 11 is 0. The molecule has 0 bridgehead atoms. The van der Waals surface area contributed by atoms with Crippen molar-refractivity contribution in [3.63, 3.8) is 0 Å². The van der Waals surface area contributed by atoms with Crippen LogP contribution in [0.4, 0.5) is 48.3 Å². The lowest BCUT2D eigenvalue weighted by Gasteiger charge is -2.29. The maximum atomic E-state index is 12.2. The lowest BCUT2D eigenvalue weighted by molar-refractivity contribution is -0.463. The Morgan fingerprint density at radius 1 is 0.842 bits per heavy atom. The van der Waals surface area contributed by atoms with Crippen LogP contribution in [0.1, 0.15) is 0 Å². The molecule has 0 spiro atoms. The standard InChI is InChI=1S/C6HF11O2/c7-2(8)1(18)3(9,10)19-6(16,17)4(11,12)5(13,14)15/h2H. The quantitative estimate of drug-likeness (QED) is 0.728. The summed E-state index contributed by atoms with van der Waals surface area (Å²) in [5.74, 6) is -10.8. The smallest absolute Gasteiger partial charge is 0.283 e. The summed E-state index contributed by atoms with van der Waals surface area (Å²) in [6.07, 6.45) is -24.8. The topological polar surface area (TPSA) is 26.3 Å². The summed E-state index contributed by atoms with van der Waals surface area (Å²) in [6.45, 7) is 0. The van der Waals surface area contributed by atoms with E-state index in [1.165, 1.54) is 0 Å². The molecule has 0 aromatic rings. The Morgan fingerprint density at radius 2 is 1.21 bits per heavy atom. The molecule has 19 heavy (non-hydrogen) atoms. The van der Waals surface area contributed by atoms with Crippen molar-refractivity contribution in [3.05, 3.63) is 0 Å². The van der Waals surface area contributed by atoms with Crippen molar-refractivity contribution >= 4 is 5.78 Å². The zero-order chi connectivity index (χ0) is 15.9. The normalized spacial score (nSPS) is 14.9. The van der Waals surface area contributed by atoms with E-state index in [9.17, 15) is 53.1 Å². The minimum atomic E-state index is -7.12. The molecule has 0 amide bonds. The van der Waals surface area contributed by atoms with Gasteiger partial charge in [0.2, 0.25) is 0 Å². The number of hydrogen-bond donors (Lipinski definition) is 0. The second kappa shape index (κ2) is 4.76. The number of ketones is 1. The molecule has 0 aliphatic rings. The lowest BCUT2D eigenvalue weighted by atomic mass is 10.3. The first-order valence-corrected chi connectivity index (χ1v) is 3.79. The third kappa shape index (κ3) is 3.45. The molecule has 0 saturated carbocycles. The molecule has 0 aromatic heterocycles. The molecule has 2 nitrogen and oxygen atoms in total. The van der Waals surface area contributed by atoms with Crippen molar-refractivity contribution < 1.29 is 57.8 Å². The molecule has 0 saturated heterocycles. The first-order chi connectivity index (χ1) is 8.06. The van der Waals surface area contributed by atoms with Gasteiger partial charge in [-0.3, -0.25) is 4.79 Å². The summed E-state index contributed by atoms with van der Waals surface area (Å²) in [7, 11) is 0. The van der Waals surface area contributed by atoms with E-state index in [4.69, 9.17) is 0 Å². The molecule has 0 radical (unpaired) electrons. The molecule has 0 heterocycles. The Labute approximate surface area is 95.7 Å². The van der Waals surface area contributed by atoms with Crippen molar-refractivity contribution in [2.75, 3.05) is 0 Å². The van der Waals surface area contributed by atoms with E-state index in [2.05, 4.69) is 0 Å². The molecule has 13 heteroatoms. The van der Waals surface area contributed by atoms with E-state index >= 15 is 0 Å². The van der Waals surface area contributed by atoms with E-state index in [1.807, 2.05) is 0 Å². The van der Waals surface area contributed by atoms with Gasteiger partial charge >= 0.3 is 30.7 Å². The van der Waals surface area contributed by atoms with Crippen LogP contribution < -0.4 is 0 Å². The molecule has 0 aromatic carbocycles. The minimum Gasteiger partial charge on any atom is -0.283 e. The van der Waals surface area contributed by atoms with Gasteiger partial charge in [-0.25, -0.2) is 13.5 Å². The van der Waals surface area contributed by atoms with Crippen LogP contribution in [0.3, 0.4) is 0 Å². The molecule has 0 N–H and O–H groups in total. The van der Waals surface area contributed by atoms with Crippen molar-refractivity contribution in [2.24, 2.45) is 0 Å². The summed E-state index contributed by atoms with van der Waals surface area (Å²) in [5.41, 5.74) is 0. The number of alkyl halides is 11. The number of hydrogen-bond acceptors (Lipinski definition) is 2. The van der Waals surface area contributed by atoms with Gasteiger partial charge in [0, 0.05) is 0 Å². The first kappa shape index (κ1) is 17.9. The molecule has 0 rings (SSSR count). The maximum Gasteiger partial charge on any atom is 0.462 e. The number of ether oxygens (including phenoxy) is 1. The molecule has 0 aliphatic carbocycles. The Hall–Kier alpha value is -1.14. The summed E-state index contributed by atoms with van der Waals surface area (Å²) in [6, 6.07) is 0. The van der Waals surface area contributed by atoms with Gasteiger partial charge in [-0.15, -0.1) is 0 Å². The van der Waals surface area contributed by atoms with Crippen LogP contribution in [-0.4, -0.2) is 36.5 Å². The average molecular weight is 314 g/mol. The Bertz CT molecular complexity index is 344. The highest BCUT2D eigenvalue weighted by molar-refractivity contribution is 5.87. The fourth-order valence-corrected chi connectivity index (χ4v) is 0.567. The SMILES string of the molecule is O=C(C(F)F)C(F)(F)OC(F)(F)C(F)(F)C(F)(F)F. The lowest BCUT2D eigenvalue weighted by Crippen LogP contribution is -2.57. The van der Waals surface area contributed by atoms with Gasteiger partial charge in [0.15, 0.2) is 0 Å². The largest absolute Gasteiger partial charge is 0.462 e. The zero-order valence-corrected chi connectivity index (χ0v) is 8.05. The monoisotopic (exact) mass is 314 g/mol. The van der Waals surface area contributed by atoms with Gasteiger partial charge < -0.3 is 0 Å². The van der Waals surface area contributed by atoms with Gasteiger partial charge in [-0.05, 0) is 0 Å². The highest BCUT2D eigenvalue weighted by Gasteiger charge is 2.77. The highest BCUT2D eigenvalue weighted by Crippen LogP contribution is 2.49. The fraction of sp³-hybridized carbons (Fsp3) is 0.833. The van der Waals surface area contributed by atoms with Gasteiger partial charge in [0.1, 0.15) is 0 Å². The van der Waals surface area contributed by atoms with Gasteiger partial charge in [0.25, 0.3) is 5.78 Å². The molecule has 0 unspecified atom stereocenters. The summed E-state index contributed by atoms with van der Waals surface area (Å²) in [5, 5.41) is 0. The first-order valence-electron chi connectivity index (χ1n) is 3.79. The Balaban J connectivity index is 5.33. The third-order valence-electron chi connectivity index (χ3n) is 1.46. The van der Waals surface area contributed by atoms with E-state index in [0.717, 1.165) is 0 Å². The summed E-state index contributed by atoms with van der Waals surface area (Å²) < 4.78 is 132. The number of carbonyl (C=O) groups is 1. The van der Waals surface area contributed by atoms with E-state index < -0.39 is 36.5 Å². The van der Waals surface area contributed by atoms with Crippen LogP contribution in [0.5, 0.6) is 0 Å². The molecular weight excluding hydrogens is 313 g/mol. The van der Waals surface area contributed by atoms with E-state index in [1.54, 1.807) is 4.74 Å². The molecule has 0 fully saturated rings. The molecular formula is C6HF11O2. The molecule has 0 aliphatic heterocycles. The van der Waals surface area contributed by atoms with Crippen molar-refractivity contribution in [3.8, 4) is 0 Å². The highest BCUT2D eigenvalue weighted by atomic mass is 19.4. The van der Waals surface area contributed by atoms with Gasteiger partial charge in [0.05, 0.1) is 0 Å². The van der Waals surface area contributed by atoms with Crippen LogP contribution in [0.2, 0.25) is 0 Å². The number of Topliss-reactive ketones (excluding diaryl/α,β-unsaturated/α-hetero) is 1. The Kier molecular flexibility index (Phi) is 4.47. The second-order valence-corrected chi connectivity index (χ2v) is 2.87.